The molecule has 0 unspecified atom stereocenters. The van der Waals surface area contributed by atoms with Gasteiger partial charge in [0.15, 0.2) is 5.65 Å². The Hall–Kier alpha value is -4.39. The zero-order valence-corrected chi connectivity index (χ0v) is 21.6. The SMILES string of the molecule is Cn1cc(NC(=O)c2cnn3cccnc23)c(-c2cc3sc(C(=O)N4CCCCC4)cc3cc2OC(F)F)n1. The van der Waals surface area contributed by atoms with E-state index in [1.807, 2.05) is 4.90 Å². The third-order valence-corrected chi connectivity index (χ3v) is 7.63. The molecule has 1 aliphatic rings. The predicted octanol–water partition coefficient (Wildman–Crippen LogP) is 4.82. The van der Waals surface area contributed by atoms with E-state index in [0.717, 1.165) is 19.3 Å². The second-order valence-corrected chi connectivity index (χ2v) is 10.3. The van der Waals surface area contributed by atoms with Gasteiger partial charge in [-0.3, -0.25) is 14.3 Å². The van der Waals surface area contributed by atoms with E-state index >= 15 is 0 Å². The molecular formula is C26H23F2N7O3S. The first-order chi connectivity index (χ1) is 18.9. The lowest BCUT2D eigenvalue weighted by molar-refractivity contribution is -0.0493. The lowest BCUT2D eigenvalue weighted by Gasteiger charge is -2.26. The number of hydrogen-bond acceptors (Lipinski definition) is 7. The molecule has 5 aromatic rings. The van der Waals surface area contributed by atoms with Gasteiger partial charge in [-0.1, -0.05) is 0 Å². The highest BCUT2D eigenvalue weighted by molar-refractivity contribution is 7.20. The molecule has 5 heterocycles. The number of alkyl halides is 2. The first kappa shape index (κ1) is 24.9. The standard InChI is InChI=1S/C26H23F2N7O3S/c1-33-14-18(31-24(36)17-13-30-35-9-5-6-29-23(17)35)22(32-33)16-12-20-15(10-19(16)38-26(27)28)11-21(39-20)25(37)34-7-3-2-4-8-34/h5-6,9-14,26H,2-4,7-8H2,1H3,(H,31,36). The van der Waals surface area contributed by atoms with Gasteiger partial charge in [-0.2, -0.15) is 19.0 Å². The molecule has 1 N–H and O–H groups in total. The molecule has 0 atom stereocenters. The van der Waals surface area contributed by atoms with Gasteiger partial charge >= 0.3 is 6.61 Å². The van der Waals surface area contributed by atoms with Crippen molar-refractivity contribution in [3.05, 3.63) is 59.5 Å². The van der Waals surface area contributed by atoms with Crippen molar-refractivity contribution < 1.29 is 23.1 Å². The molecule has 0 aliphatic carbocycles. The van der Waals surface area contributed by atoms with E-state index < -0.39 is 12.5 Å². The number of hydrogen-bond donors (Lipinski definition) is 1. The number of halogens is 2. The highest BCUT2D eigenvalue weighted by Gasteiger charge is 2.24. The number of aryl methyl sites for hydroxylation is 1. The number of anilines is 1. The summed E-state index contributed by atoms with van der Waals surface area (Å²) in [6.45, 7) is -1.67. The van der Waals surface area contributed by atoms with E-state index in [2.05, 4.69) is 20.5 Å². The Morgan fingerprint density at radius 1 is 1.15 bits per heavy atom. The van der Waals surface area contributed by atoms with Gasteiger partial charge in [0.25, 0.3) is 11.8 Å². The van der Waals surface area contributed by atoms with Crippen molar-refractivity contribution >= 4 is 44.6 Å². The van der Waals surface area contributed by atoms with Gasteiger partial charge in [-0.05, 0) is 48.9 Å². The maximum absolute atomic E-state index is 13.5. The minimum absolute atomic E-state index is 0.0680. The maximum atomic E-state index is 13.5. The number of nitrogens with zero attached hydrogens (tertiary/aromatic N) is 6. The number of nitrogens with one attached hydrogen (secondary N) is 1. The van der Waals surface area contributed by atoms with Crippen LogP contribution in [-0.4, -0.2) is 60.8 Å². The van der Waals surface area contributed by atoms with Crippen LogP contribution in [0.2, 0.25) is 0 Å². The summed E-state index contributed by atoms with van der Waals surface area (Å²) >= 11 is 1.29. The van der Waals surface area contributed by atoms with Crippen LogP contribution < -0.4 is 10.1 Å². The monoisotopic (exact) mass is 551 g/mol. The van der Waals surface area contributed by atoms with Crippen molar-refractivity contribution in [1.29, 1.82) is 0 Å². The van der Waals surface area contributed by atoms with E-state index in [-0.39, 0.29) is 34.2 Å². The van der Waals surface area contributed by atoms with Gasteiger partial charge < -0.3 is 15.0 Å². The number of fused-ring (bicyclic) bond motifs is 2. The number of amides is 2. The summed E-state index contributed by atoms with van der Waals surface area (Å²) < 4.78 is 35.4. The topological polar surface area (TPSA) is 107 Å². The average molecular weight is 552 g/mol. The minimum atomic E-state index is -3.08. The van der Waals surface area contributed by atoms with Crippen LogP contribution in [0.3, 0.4) is 0 Å². The number of carbonyl (C=O) groups is 2. The molecule has 0 radical (unpaired) electrons. The quantitative estimate of drug-likeness (QED) is 0.324. The normalized spacial score (nSPS) is 13.9. The molecule has 0 saturated carbocycles. The number of benzene rings is 1. The Bertz CT molecular complexity index is 1700. The number of likely N-dealkylation sites (tertiary alicyclic amines) is 1. The van der Waals surface area contributed by atoms with Crippen molar-refractivity contribution in [3.63, 3.8) is 0 Å². The Morgan fingerprint density at radius 3 is 2.77 bits per heavy atom. The number of piperidine rings is 1. The van der Waals surface area contributed by atoms with E-state index in [1.165, 1.54) is 32.8 Å². The fraction of sp³-hybridized carbons (Fsp3) is 0.269. The Labute approximate surface area is 224 Å². The summed E-state index contributed by atoms with van der Waals surface area (Å²) in [5, 5.41) is 12.0. The molecule has 200 valence electrons. The highest BCUT2D eigenvalue weighted by Crippen LogP contribution is 2.41. The van der Waals surface area contributed by atoms with Gasteiger partial charge in [0.2, 0.25) is 0 Å². The average Bonchev–Trinajstić information content (AvgIpc) is 3.64. The van der Waals surface area contributed by atoms with Crippen molar-refractivity contribution in [1.82, 2.24) is 29.3 Å². The first-order valence-electron chi connectivity index (χ1n) is 12.3. The molecule has 1 fully saturated rings. The third-order valence-electron chi connectivity index (χ3n) is 6.54. The van der Waals surface area contributed by atoms with Gasteiger partial charge in [0, 0.05) is 49.0 Å². The molecule has 1 aromatic carbocycles. The van der Waals surface area contributed by atoms with Crippen LogP contribution in [-0.2, 0) is 7.05 Å². The highest BCUT2D eigenvalue weighted by atomic mass is 32.1. The van der Waals surface area contributed by atoms with Crippen LogP contribution in [0.15, 0.2) is 49.1 Å². The number of ether oxygens (including phenoxy) is 1. The van der Waals surface area contributed by atoms with Gasteiger partial charge in [0.1, 0.15) is 17.0 Å². The summed E-state index contributed by atoms with van der Waals surface area (Å²) in [5.74, 6) is -0.665. The molecule has 0 bridgehead atoms. The lowest BCUT2D eigenvalue weighted by Crippen LogP contribution is -2.35. The fourth-order valence-electron chi connectivity index (χ4n) is 4.76. The molecule has 0 spiro atoms. The van der Waals surface area contributed by atoms with Crippen LogP contribution in [0.25, 0.3) is 27.0 Å². The Morgan fingerprint density at radius 2 is 1.97 bits per heavy atom. The van der Waals surface area contributed by atoms with Crippen molar-refractivity contribution in [2.45, 2.75) is 25.9 Å². The number of thiophene rings is 1. The van der Waals surface area contributed by atoms with E-state index in [1.54, 1.807) is 43.8 Å². The van der Waals surface area contributed by atoms with Crippen LogP contribution in [0.5, 0.6) is 5.75 Å². The first-order valence-corrected chi connectivity index (χ1v) is 13.1. The molecule has 1 aliphatic heterocycles. The Balaban J connectivity index is 1.38. The predicted molar refractivity (Wildman–Crippen MR) is 141 cm³/mol. The van der Waals surface area contributed by atoms with E-state index in [9.17, 15) is 18.4 Å². The summed E-state index contributed by atoms with van der Waals surface area (Å²) in [7, 11) is 1.66. The number of aromatic nitrogens is 5. The van der Waals surface area contributed by atoms with E-state index in [4.69, 9.17) is 4.74 Å². The van der Waals surface area contributed by atoms with Crippen LogP contribution in [0, 0.1) is 0 Å². The summed E-state index contributed by atoms with van der Waals surface area (Å²) in [6, 6.07) is 6.55. The zero-order chi connectivity index (χ0) is 27.1. The molecule has 1 saturated heterocycles. The fourth-order valence-corrected chi connectivity index (χ4v) is 5.81. The molecule has 2 amide bonds. The second-order valence-electron chi connectivity index (χ2n) is 9.19. The van der Waals surface area contributed by atoms with E-state index in [0.29, 0.717) is 33.7 Å². The molecular weight excluding hydrogens is 528 g/mol. The minimum Gasteiger partial charge on any atom is -0.434 e. The zero-order valence-electron chi connectivity index (χ0n) is 20.8. The van der Waals surface area contributed by atoms with Crippen molar-refractivity contribution in [2.24, 2.45) is 7.05 Å². The van der Waals surface area contributed by atoms with Crippen molar-refractivity contribution in [3.8, 4) is 17.0 Å². The van der Waals surface area contributed by atoms with Crippen molar-refractivity contribution in [2.75, 3.05) is 18.4 Å². The summed E-state index contributed by atoms with van der Waals surface area (Å²) in [4.78, 5) is 32.8. The maximum Gasteiger partial charge on any atom is 0.387 e. The van der Waals surface area contributed by atoms with Gasteiger partial charge in [-0.25, -0.2) is 9.50 Å². The van der Waals surface area contributed by atoms with Crippen LogP contribution >= 0.6 is 11.3 Å². The van der Waals surface area contributed by atoms with Gasteiger partial charge in [0.05, 0.1) is 16.8 Å². The molecule has 39 heavy (non-hydrogen) atoms. The smallest absolute Gasteiger partial charge is 0.387 e. The van der Waals surface area contributed by atoms with Crippen LogP contribution in [0.1, 0.15) is 39.3 Å². The Kier molecular flexibility index (Phi) is 6.43. The summed E-state index contributed by atoms with van der Waals surface area (Å²) in [6.07, 6.45) is 9.23. The summed E-state index contributed by atoms with van der Waals surface area (Å²) in [5.41, 5.74) is 1.40. The van der Waals surface area contributed by atoms with Crippen LogP contribution in [0.4, 0.5) is 14.5 Å². The molecule has 13 heteroatoms. The van der Waals surface area contributed by atoms with Gasteiger partial charge in [-0.15, -0.1) is 11.3 Å². The largest absolute Gasteiger partial charge is 0.434 e. The number of rotatable bonds is 6. The molecule has 4 aromatic heterocycles. The molecule has 10 nitrogen and oxygen atoms in total. The lowest BCUT2D eigenvalue weighted by atomic mass is 10.1. The number of carbonyl (C=O) groups excluding carboxylic acids is 2. The second kappa shape index (κ2) is 10.1. The third kappa shape index (κ3) is 4.80. The molecule has 6 rings (SSSR count).